The van der Waals surface area contributed by atoms with Crippen LogP contribution in [0, 0.1) is 5.92 Å². The van der Waals surface area contributed by atoms with Gasteiger partial charge in [-0.05, 0) is 22.3 Å². The van der Waals surface area contributed by atoms with Gasteiger partial charge in [0.15, 0.2) is 0 Å². The maximum Gasteiger partial charge on any atom is 0.0589 e. The van der Waals surface area contributed by atoms with Crippen molar-refractivity contribution in [1.29, 1.82) is 0 Å². The van der Waals surface area contributed by atoms with E-state index < -0.39 is 0 Å². The molecule has 2 saturated heterocycles. The van der Waals surface area contributed by atoms with Gasteiger partial charge in [-0.25, -0.2) is 0 Å². The lowest BCUT2D eigenvalue weighted by atomic mass is 9.65. The van der Waals surface area contributed by atoms with Gasteiger partial charge in [0.25, 0.3) is 0 Å². The van der Waals surface area contributed by atoms with Crippen LogP contribution in [0.3, 0.4) is 0 Å². The van der Waals surface area contributed by atoms with E-state index in [1.807, 2.05) is 0 Å². The van der Waals surface area contributed by atoms with E-state index in [0.29, 0.717) is 0 Å². The van der Waals surface area contributed by atoms with E-state index >= 15 is 0 Å². The van der Waals surface area contributed by atoms with E-state index in [-0.39, 0.29) is 5.41 Å². The molecule has 2 aliphatic rings. The fourth-order valence-electron chi connectivity index (χ4n) is 3.27. The van der Waals surface area contributed by atoms with Gasteiger partial charge < -0.3 is 10.1 Å². The lowest BCUT2D eigenvalue weighted by Gasteiger charge is -2.51. The summed E-state index contributed by atoms with van der Waals surface area (Å²) in [7, 11) is 0. The van der Waals surface area contributed by atoms with Gasteiger partial charge in [0.05, 0.1) is 13.2 Å². The molecule has 0 saturated carbocycles. The second kappa shape index (κ2) is 3.81. The number of rotatable bonds is 2. The molecular weight excluding hydrogens is 222 g/mol. The Morgan fingerprint density at radius 2 is 1.78 bits per heavy atom. The first-order chi connectivity index (χ1) is 8.90. The van der Waals surface area contributed by atoms with Crippen molar-refractivity contribution in [3.63, 3.8) is 0 Å². The topological polar surface area (TPSA) is 21.3 Å². The van der Waals surface area contributed by atoms with Crippen molar-refractivity contribution in [2.75, 3.05) is 26.3 Å². The standard InChI is InChI=1S/C16H17NO/c1-2-6-14-12(4-1)5-3-7-15(14)16(10-18-11-16)13-8-17-9-13/h1-7,13,17H,8-11H2. The molecule has 0 aromatic heterocycles. The molecule has 0 aliphatic carbocycles. The summed E-state index contributed by atoms with van der Waals surface area (Å²) in [5, 5.41) is 6.14. The Bertz CT molecular complexity index is 579. The molecular formula is C16H17NO. The highest BCUT2D eigenvalue weighted by atomic mass is 16.5. The summed E-state index contributed by atoms with van der Waals surface area (Å²) >= 11 is 0. The number of ether oxygens (including phenoxy) is 1. The van der Waals surface area contributed by atoms with Crippen LogP contribution in [0.25, 0.3) is 10.8 Å². The molecule has 0 bridgehead atoms. The van der Waals surface area contributed by atoms with Crippen molar-refractivity contribution in [1.82, 2.24) is 5.32 Å². The first-order valence-corrected chi connectivity index (χ1v) is 6.67. The van der Waals surface area contributed by atoms with Crippen molar-refractivity contribution >= 4 is 10.8 Å². The molecule has 0 spiro atoms. The van der Waals surface area contributed by atoms with Crippen LogP contribution >= 0.6 is 0 Å². The minimum Gasteiger partial charge on any atom is -0.379 e. The van der Waals surface area contributed by atoms with Crippen molar-refractivity contribution in [2.45, 2.75) is 5.41 Å². The van der Waals surface area contributed by atoms with E-state index in [4.69, 9.17) is 4.74 Å². The lowest BCUT2D eigenvalue weighted by molar-refractivity contribution is -0.100. The van der Waals surface area contributed by atoms with Crippen molar-refractivity contribution < 1.29 is 4.74 Å². The fourth-order valence-corrected chi connectivity index (χ4v) is 3.27. The largest absolute Gasteiger partial charge is 0.379 e. The van der Waals surface area contributed by atoms with Crippen LogP contribution in [-0.2, 0) is 10.2 Å². The zero-order valence-electron chi connectivity index (χ0n) is 10.4. The molecule has 2 heteroatoms. The molecule has 0 atom stereocenters. The predicted molar refractivity (Wildman–Crippen MR) is 72.8 cm³/mol. The molecule has 0 amide bonds. The summed E-state index contributed by atoms with van der Waals surface area (Å²) in [6.45, 7) is 4.03. The van der Waals surface area contributed by atoms with E-state index in [0.717, 1.165) is 32.2 Å². The zero-order chi connectivity index (χ0) is 12.0. The van der Waals surface area contributed by atoms with Crippen LogP contribution in [0.2, 0.25) is 0 Å². The van der Waals surface area contributed by atoms with Gasteiger partial charge in [0.1, 0.15) is 0 Å². The summed E-state index contributed by atoms with van der Waals surface area (Å²) in [5.74, 6) is 0.733. The number of hydrogen-bond acceptors (Lipinski definition) is 2. The summed E-state index contributed by atoms with van der Waals surface area (Å²) in [6, 6.07) is 15.4. The fraction of sp³-hybridized carbons (Fsp3) is 0.375. The van der Waals surface area contributed by atoms with E-state index in [2.05, 4.69) is 47.8 Å². The number of nitrogens with one attached hydrogen (secondary N) is 1. The average molecular weight is 239 g/mol. The molecule has 2 heterocycles. The number of hydrogen-bond donors (Lipinski definition) is 1. The van der Waals surface area contributed by atoms with Crippen molar-refractivity contribution in [3.8, 4) is 0 Å². The minimum absolute atomic E-state index is 0.256. The molecule has 92 valence electrons. The number of fused-ring (bicyclic) bond motifs is 1. The molecule has 2 aromatic carbocycles. The first kappa shape index (κ1) is 10.5. The zero-order valence-corrected chi connectivity index (χ0v) is 10.4. The lowest BCUT2D eigenvalue weighted by Crippen LogP contribution is -2.62. The highest BCUT2D eigenvalue weighted by molar-refractivity contribution is 5.87. The van der Waals surface area contributed by atoms with Gasteiger partial charge in [-0.15, -0.1) is 0 Å². The van der Waals surface area contributed by atoms with Crippen LogP contribution in [-0.4, -0.2) is 26.3 Å². The third kappa shape index (κ3) is 1.30. The van der Waals surface area contributed by atoms with Crippen LogP contribution in [0.5, 0.6) is 0 Å². The van der Waals surface area contributed by atoms with Gasteiger partial charge >= 0.3 is 0 Å². The Morgan fingerprint density at radius 3 is 2.44 bits per heavy atom. The highest BCUT2D eigenvalue weighted by Crippen LogP contribution is 2.43. The SMILES string of the molecule is c1ccc2c(C3(C4CNC4)COC3)cccc2c1. The van der Waals surface area contributed by atoms with Gasteiger partial charge in [-0.1, -0.05) is 42.5 Å². The van der Waals surface area contributed by atoms with Crippen LogP contribution in [0.4, 0.5) is 0 Å². The monoisotopic (exact) mass is 239 g/mol. The summed E-state index contributed by atoms with van der Waals surface area (Å²) in [4.78, 5) is 0. The highest BCUT2D eigenvalue weighted by Gasteiger charge is 2.49. The Balaban J connectivity index is 1.90. The first-order valence-electron chi connectivity index (χ1n) is 6.67. The molecule has 0 unspecified atom stereocenters. The quantitative estimate of drug-likeness (QED) is 0.868. The molecule has 2 fully saturated rings. The average Bonchev–Trinajstić information content (AvgIpc) is 2.31. The maximum atomic E-state index is 5.57. The second-order valence-electron chi connectivity index (χ2n) is 5.53. The summed E-state index contributed by atoms with van der Waals surface area (Å²) < 4.78 is 5.57. The smallest absolute Gasteiger partial charge is 0.0589 e. The van der Waals surface area contributed by atoms with Crippen LogP contribution in [0.1, 0.15) is 5.56 Å². The normalized spacial score (nSPS) is 22.4. The minimum atomic E-state index is 0.256. The van der Waals surface area contributed by atoms with E-state index in [1.54, 1.807) is 0 Å². The van der Waals surface area contributed by atoms with Gasteiger partial charge in [0.2, 0.25) is 0 Å². The Labute approximate surface area is 107 Å². The second-order valence-corrected chi connectivity index (χ2v) is 5.53. The maximum absolute atomic E-state index is 5.57. The Morgan fingerprint density at radius 1 is 1.00 bits per heavy atom. The summed E-state index contributed by atoms with van der Waals surface area (Å²) in [5.41, 5.74) is 1.74. The Kier molecular flexibility index (Phi) is 2.23. The Hall–Kier alpha value is -1.38. The van der Waals surface area contributed by atoms with Gasteiger partial charge in [-0.3, -0.25) is 0 Å². The van der Waals surface area contributed by atoms with E-state index in [1.165, 1.54) is 16.3 Å². The van der Waals surface area contributed by atoms with Gasteiger partial charge in [0, 0.05) is 18.5 Å². The summed E-state index contributed by atoms with van der Waals surface area (Å²) in [6.07, 6.45) is 0. The van der Waals surface area contributed by atoms with Crippen molar-refractivity contribution in [2.24, 2.45) is 5.92 Å². The molecule has 2 nitrogen and oxygen atoms in total. The molecule has 1 N–H and O–H groups in total. The van der Waals surface area contributed by atoms with Crippen LogP contribution in [0.15, 0.2) is 42.5 Å². The molecule has 2 aromatic rings. The molecule has 0 radical (unpaired) electrons. The number of benzene rings is 2. The third-order valence-corrected chi connectivity index (χ3v) is 4.61. The van der Waals surface area contributed by atoms with Gasteiger partial charge in [-0.2, -0.15) is 0 Å². The molecule has 2 aliphatic heterocycles. The molecule has 18 heavy (non-hydrogen) atoms. The van der Waals surface area contributed by atoms with Crippen molar-refractivity contribution in [3.05, 3.63) is 48.0 Å². The molecule has 4 rings (SSSR count). The van der Waals surface area contributed by atoms with Crippen LogP contribution < -0.4 is 5.32 Å². The van der Waals surface area contributed by atoms with E-state index in [9.17, 15) is 0 Å². The third-order valence-electron chi connectivity index (χ3n) is 4.61. The predicted octanol–water partition coefficient (Wildman–Crippen LogP) is 2.33.